The molecule has 0 amide bonds. The smallest absolute Gasteiger partial charge is 0.372 e. The van der Waals surface area contributed by atoms with Gasteiger partial charge in [0.05, 0.1) is 4.92 Å². The Morgan fingerprint density at radius 1 is 1.37 bits per heavy atom. The first kappa shape index (κ1) is 14.8. The lowest BCUT2D eigenvalue weighted by Crippen LogP contribution is -2.27. The Morgan fingerprint density at radius 2 is 1.95 bits per heavy atom. The quantitative estimate of drug-likeness (QED) is 0.500. The van der Waals surface area contributed by atoms with Crippen LogP contribution in [0.2, 0.25) is 0 Å². The molecule has 0 heterocycles. The number of hydrogen-bond donors (Lipinski definition) is 1. The molecule has 1 aromatic carbocycles. The summed E-state index contributed by atoms with van der Waals surface area (Å²) in [6.07, 6.45) is -0.285. The highest BCUT2D eigenvalue weighted by atomic mass is 16.6. The molecule has 6 heteroatoms. The maximum atomic E-state index is 11.3. The number of nitro benzene ring substituents is 1. The third-order valence-corrected chi connectivity index (χ3v) is 2.99. The molecule has 0 atom stereocenters. The van der Waals surface area contributed by atoms with Gasteiger partial charge in [-0.1, -0.05) is 32.0 Å². The average molecular weight is 265 g/mol. The lowest BCUT2D eigenvalue weighted by molar-refractivity contribution is -0.386. The Hall–Kier alpha value is -2.24. The molecule has 1 aromatic rings. The first-order chi connectivity index (χ1) is 8.66. The Balaban J connectivity index is 3.28. The van der Waals surface area contributed by atoms with E-state index in [9.17, 15) is 19.7 Å². The molecule has 0 aromatic heterocycles. The van der Waals surface area contributed by atoms with Crippen molar-refractivity contribution in [3.63, 3.8) is 0 Å². The van der Waals surface area contributed by atoms with Gasteiger partial charge in [0.1, 0.15) is 0 Å². The number of carboxylic acid groups (broad SMARTS) is 1. The molecular formula is C13H15NO5. The monoisotopic (exact) mass is 265 g/mol. The Labute approximate surface area is 110 Å². The van der Waals surface area contributed by atoms with E-state index in [1.807, 2.05) is 0 Å². The lowest BCUT2D eigenvalue weighted by Gasteiger charge is -2.23. The highest BCUT2D eigenvalue weighted by molar-refractivity contribution is 6.32. The molecule has 0 unspecified atom stereocenters. The molecule has 0 radical (unpaired) electrons. The van der Waals surface area contributed by atoms with E-state index in [2.05, 4.69) is 0 Å². The molecule has 1 rings (SSSR count). The molecule has 0 aliphatic heterocycles. The number of hydrogen-bond acceptors (Lipinski definition) is 4. The number of carbonyl (C=O) groups is 2. The van der Waals surface area contributed by atoms with Crippen molar-refractivity contribution in [1.29, 1.82) is 0 Å². The molecule has 1 N–H and O–H groups in total. The molecule has 0 aliphatic carbocycles. The van der Waals surface area contributed by atoms with Gasteiger partial charge in [-0.2, -0.15) is 0 Å². The summed E-state index contributed by atoms with van der Waals surface area (Å²) in [7, 11) is 0. The van der Waals surface area contributed by atoms with Crippen molar-refractivity contribution < 1.29 is 19.6 Å². The summed E-state index contributed by atoms with van der Waals surface area (Å²) in [6.45, 7) is 4.85. The SMILES string of the molecule is Cc1cccc(C(C)(C)CC(=O)C(=O)O)c1[N+](=O)[O-]. The van der Waals surface area contributed by atoms with Crippen LogP contribution >= 0.6 is 0 Å². The van der Waals surface area contributed by atoms with E-state index < -0.39 is 22.1 Å². The Kier molecular flexibility index (Phi) is 4.04. The summed E-state index contributed by atoms with van der Waals surface area (Å²) >= 11 is 0. The lowest BCUT2D eigenvalue weighted by atomic mass is 9.78. The highest BCUT2D eigenvalue weighted by Gasteiger charge is 2.33. The van der Waals surface area contributed by atoms with E-state index in [0.717, 1.165) is 0 Å². The fourth-order valence-electron chi connectivity index (χ4n) is 2.02. The molecule has 6 nitrogen and oxygen atoms in total. The Bertz CT molecular complexity index is 548. The minimum absolute atomic E-state index is 0.0642. The number of para-hydroxylation sites is 1. The molecule has 0 bridgehead atoms. The van der Waals surface area contributed by atoms with Crippen LogP contribution in [0, 0.1) is 17.0 Å². The minimum atomic E-state index is -1.52. The van der Waals surface area contributed by atoms with Crippen molar-refractivity contribution in [2.24, 2.45) is 0 Å². The summed E-state index contributed by atoms with van der Waals surface area (Å²) < 4.78 is 0. The second-order valence-corrected chi connectivity index (χ2v) is 5.02. The van der Waals surface area contributed by atoms with Gasteiger partial charge in [0, 0.05) is 23.0 Å². The number of carbonyl (C=O) groups excluding carboxylic acids is 1. The number of benzene rings is 1. The van der Waals surface area contributed by atoms with Crippen molar-refractivity contribution in [3.05, 3.63) is 39.4 Å². The van der Waals surface area contributed by atoms with Crippen molar-refractivity contribution in [3.8, 4) is 0 Å². The molecule has 102 valence electrons. The van der Waals surface area contributed by atoms with Gasteiger partial charge in [-0.05, 0) is 6.92 Å². The summed E-state index contributed by atoms with van der Waals surface area (Å²) in [5, 5.41) is 19.8. The first-order valence-corrected chi connectivity index (χ1v) is 5.67. The standard InChI is InChI=1S/C13H15NO5/c1-8-5-4-6-9(11(8)14(18)19)13(2,3)7-10(15)12(16)17/h4-6H,7H2,1-3H3,(H,16,17). The normalized spacial score (nSPS) is 11.1. The maximum absolute atomic E-state index is 11.3. The summed E-state index contributed by atoms with van der Waals surface area (Å²) in [5.41, 5.74) is -0.125. The van der Waals surface area contributed by atoms with Crippen molar-refractivity contribution >= 4 is 17.4 Å². The zero-order chi connectivity index (χ0) is 14.8. The topological polar surface area (TPSA) is 97.5 Å². The molecule has 0 fully saturated rings. The predicted octanol–water partition coefficient (Wildman–Crippen LogP) is 2.22. The summed E-state index contributed by atoms with van der Waals surface area (Å²) in [6, 6.07) is 4.82. The first-order valence-electron chi connectivity index (χ1n) is 5.67. The molecular weight excluding hydrogens is 250 g/mol. The van der Waals surface area contributed by atoms with Crippen LogP contribution in [-0.4, -0.2) is 21.8 Å². The van der Waals surface area contributed by atoms with E-state index in [4.69, 9.17) is 5.11 Å². The van der Waals surface area contributed by atoms with Crippen LogP contribution in [0.4, 0.5) is 5.69 Å². The number of Topliss-reactive ketones (excluding diaryl/α,β-unsaturated/α-hetero) is 1. The van der Waals surface area contributed by atoms with E-state index in [-0.39, 0.29) is 12.1 Å². The number of aliphatic carboxylic acids is 1. The third-order valence-electron chi connectivity index (χ3n) is 2.99. The van der Waals surface area contributed by atoms with Crippen LogP contribution in [0.1, 0.15) is 31.4 Å². The van der Waals surface area contributed by atoms with Gasteiger partial charge in [-0.25, -0.2) is 4.79 Å². The van der Waals surface area contributed by atoms with Gasteiger partial charge in [0.25, 0.3) is 5.69 Å². The molecule has 0 saturated heterocycles. The minimum Gasteiger partial charge on any atom is -0.476 e. The van der Waals surface area contributed by atoms with Gasteiger partial charge in [0.2, 0.25) is 5.78 Å². The fourth-order valence-corrected chi connectivity index (χ4v) is 2.02. The predicted molar refractivity (Wildman–Crippen MR) is 68.1 cm³/mol. The highest BCUT2D eigenvalue weighted by Crippen LogP contribution is 2.36. The van der Waals surface area contributed by atoms with Crippen LogP contribution in [0.3, 0.4) is 0 Å². The molecule has 0 saturated carbocycles. The maximum Gasteiger partial charge on any atom is 0.372 e. The van der Waals surface area contributed by atoms with E-state index in [1.54, 1.807) is 39.0 Å². The number of ketones is 1. The van der Waals surface area contributed by atoms with Gasteiger partial charge in [0.15, 0.2) is 0 Å². The van der Waals surface area contributed by atoms with Gasteiger partial charge in [-0.15, -0.1) is 0 Å². The van der Waals surface area contributed by atoms with E-state index >= 15 is 0 Å². The van der Waals surface area contributed by atoms with Crippen LogP contribution in [0.5, 0.6) is 0 Å². The number of nitro groups is 1. The second-order valence-electron chi connectivity index (χ2n) is 5.02. The largest absolute Gasteiger partial charge is 0.476 e. The molecule has 0 spiro atoms. The number of aryl methyl sites for hydroxylation is 1. The van der Waals surface area contributed by atoms with Crippen LogP contribution < -0.4 is 0 Å². The zero-order valence-electron chi connectivity index (χ0n) is 11.0. The van der Waals surface area contributed by atoms with E-state index in [1.165, 1.54) is 0 Å². The van der Waals surface area contributed by atoms with Crippen molar-refractivity contribution in [1.82, 2.24) is 0 Å². The van der Waals surface area contributed by atoms with Crippen LogP contribution in [0.25, 0.3) is 0 Å². The molecule has 0 aliphatic rings. The number of rotatable bonds is 5. The number of nitrogens with zero attached hydrogens (tertiary/aromatic N) is 1. The Morgan fingerprint density at radius 3 is 2.42 bits per heavy atom. The zero-order valence-corrected chi connectivity index (χ0v) is 11.0. The van der Waals surface area contributed by atoms with Gasteiger partial charge in [-0.3, -0.25) is 14.9 Å². The van der Waals surface area contributed by atoms with Gasteiger partial charge < -0.3 is 5.11 Å². The van der Waals surface area contributed by atoms with Crippen molar-refractivity contribution in [2.45, 2.75) is 32.6 Å². The second kappa shape index (κ2) is 5.17. The third kappa shape index (κ3) is 3.15. The molecule has 19 heavy (non-hydrogen) atoms. The summed E-state index contributed by atoms with van der Waals surface area (Å²) in [5.74, 6) is -2.48. The number of carboxylic acids is 1. The fraction of sp³-hybridized carbons (Fsp3) is 0.385. The van der Waals surface area contributed by atoms with Crippen LogP contribution in [-0.2, 0) is 15.0 Å². The van der Waals surface area contributed by atoms with Crippen LogP contribution in [0.15, 0.2) is 18.2 Å². The average Bonchev–Trinajstić information content (AvgIpc) is 2.27. The van der Waals surface area contributed by atoms with Gasteiger partial charge >= 0.3 is 5.97 Å². The van der Waals surface area contributed by atoms with Crippen molar-refractivity contribution in [2.75, 3.05) is 0 Å². The van der Waals surface area contributed by atoms with E-state index in [0.29, 0.717) is 11.1 Å². The summed E-state index contributed by atoms with van der Waals surface area (Å²) in [4.78, 5) is 32.5.